The van der Waals surface area contributed by atoms with Gasteiger partial charge in [-0.25, -0.2) is 0 Å². The van der Waals surface area contributed by atoms with Crippen LogP contribution in [-0.2, 0) is 0 Å². The second-order valence-electron chi connectivity index (χ2n) is 3.79. The molecule has 0 aliphatic rings. The van der Waals surface area contributed by atoms with Gasteiger partial charge < -0.3 is 5.11 Å². The second kappa shape index (κ2) is 4.21. The van der Waals surface area contributed by atoms with E-state index in [0.717, 1.165) is 16.6 Å². The summed E-state index contributed by atoms with van der Waals surface area (Å²) in [5, 5.41) is 11.5. The van der Waals surface area contributed by atoms with Crippen LogP contribution in [-0.4, -0.2) is 10.1 Å². The Balaban J connectivity index is 2.89. The van der Waals surface area contributed by atoms with Crippen LogP contribution in [0.2, 0.25) is 10.0 Å². The number of aromatic nitrogens is 1. The Morgan fingerprint density at radius 3 is 2.62 bits per heavy atom. The zero-order valence-electron chi connectivity index (χ0n) is 8.96. The number of benzene rings is 1. The third-order valence-corrected chi connectivity index (χ3v) is 3.28. The predicted octanol–water partition coefficient (Wildman–Crippen LogP) is 3.90. The number of aliphatic hydroxyl groups excluding tert-OH is 1. The lowest BCUT2D eigenvalue weighted by Crippen LogP contribution is -1.97. The fraction of sp³-hybridized carbons (Fsp3) is 0.250. The van der Waals surface area contributed by atoms with Crippen molar-refractivity contribution < 1.29 is 5.11 Å². The maximum absolute atomic E-state index is 9.70. The molecule has 1 unspecified atom stereocenters. The molecule has 0 bridgehead atoms. The SMILES string of the molecule is Cc1cc(C(C)O)c2ccc(Cl)c(Cl)c2n1. The Labute approximate surface area is 104 Å². The van der Waals surface area contributed by atoms with Gasteiger partial charge in [-0.05, 0) is 31.5 Å². The molecular weight excluding hydrogens is 245 g/mol. The summed E-state index contributed by atoms with van der Waals surface area (Å²) in [5.74, 6) is 0. The molecule has 84 valence electrons. The summed E-state index contributed by atoms with van der Waals surface area (Å²) in [6.07, 6.45) is -0.554. The van der Waals surface area contributed by atoms with E-state index in [1.807, 2.05) is 19.1 Å². The summed E-state index contributed by atoms with van der Waals surface area (Å²) in [6, 6.07) is 5.41. The summed E-state index contributed by atoms with van der Waals surface area (Å²) in [6.45, 7) is 3.58. The Morgan fingerprint density at radius 1 is 1.31 bits per heavy atom. The second-order valence-corrected chi connectivity index (χ2v) is 4.57. The first-order valence-corrected chi connectivity index (χ1v) is 5.69. The van der Waals surface area contributed by atoms with Gasteiger partial charge in [0.25, 0.3) is 0 Å². The Bertz CT molecular complexity index is 552. The summed E-state index contributed by atoms with van der Waals surface area (Å²) >= 11 is 12.0. The highest BCUT2D eigenvalue weighted by Crippen LogP contribution is 2.33. The zero-order valence-corrected chi connectivity index (χ0v) is 10.5. The van der Waals surface area contributed by atoms with Crippen molar-refractivity contribution in [1.82, 2.24) is 4.98 Å². The number of hydrogen-bond donors (Lipinski definition) is 1. The normalized spacial score (nSPS) is 13.1. The molecule has 0 aliphatic carbocycles. The van der Waals surface area contributed by atoms with Crippen LogP contribution in [0.25, 0.3) is 10.9 Å². The first-order valence-electron chi connectivity index (χ1n) is 4.94. The molecule has 1 atom stereocenters. The molecule has 2 rings (SSSR count). The van der Waals surface area contributed by atoms with Gasteiger partial charge in [0.15, 0.2) is 0 Å². The van der Waals surface area contributed by atoms with E-state index in [0.29, 0.717) is 15.6 Å². The standard InChI is InChI=1S/C12H11Cl2NO/c1-6-5-9(7(2)16)8-3-4-10(13)11(14)12(8)15-6/h3-5,7,16H,1-2H3. The van der Waals surface area contributed by atoms with E-state index in [1.165, 1.54) is 0 Å². The van der Waals surface area contributed by atoms with E-state index < -0.39 is 6.10 Å². The van der Waals surface area contributed by atoms with E-state index in [1.54, 1.807) is 13.0 Å². The van der Waals surface area contributed by atoms with Crippen LogP contribution >= 0.6 is 23.2 Å². The van der Waals surface area contributed by atoms with Crippen molar-refractivity contribution in [1.29, 1.82) is 0 Å². The van der Waals surface area contributed by atoms with Crippen LogP contribution in [0.4, 0.5) is 0 Å². The third-order valence-electron chi connectivity index (χ3n) is 2.48. The van der Waals surface area contributed by atoms with Gasteiger partial charge in [-0.15, -0.1) is 0 Å². The molecule has 0 saturated carbocycles. The van der Waals surface area contributed by atoms with Crippen LogP contribution in [0.1, 0.15) is 24.3 Å². The fourth-order valence-electron chi connectivity index (χ4n) is 1.74. The zero-order chi connectivity index (χ0) is 11.9. The molecule has 2 aromatic rings. The Hall–Kier alpha value is -0.830. The smallest absolute Gasteiger partial charge is 0.0910 e. The number of hydrogen-bond acceptors (Lipinski definition) is 2. The number of fused-ring (bicyclic) bond motifs is 1. The average Bonchev–Trinajstić information content (AvgIpc) is 2.23. The van der Waals surface area contributed by atoms with E-state index in [9.17, 15) is 5.11 Å². The van der Waals surface area contributed by atoms with Gasteiger partial charge in [-0.3, -0.25) is 4.98 Å². The Morgan fingerprint density at radius 2 is 2.00 bits per heavy atom. The highest BCUT2D eigenvalue weighted by atomic mass is 35.5. The molecule has 1 heterocycles. The van der Waals surface area contributed by atoms with E-state index in [-0.39, 0.29) is 0 Å². The monoisotopic (exact) mass is 255 g/mol. The maximum atomic E-state index is 9.70. The largest absolute Gasteiger partial charge is 0.389 e. The van der Waals surface area contributed by atoms with Gasteiger partial charge in [0.05, 0.1) is 21.7 Å². The summed E-state index contributed by atoms with van der Waals surface area (Å²) in [4.78, 5) is 4.35. The number of nitrogens with zero attached hydrogens (tertiary/aromatic N) is 1. The number of rotatable bonds is 1. The van der Waals surface area contributed by atoms with Gasteiger partial charge >= 0.3 is 0 Å². The molecule has 2 nitrogen and oxygen atoms in total. The quantitative estimate of drug-likeness (QED) is 0.839. The highest BCUT2D eigenvalue weighted by molar-refractivity contribution is 6.45. The van der Waals surface area contributed by atoms with E-state index in [2.05, 4.69) is 4.98 Å². The fourth-order valence-corrected chi connectivity index (χ4v) is 2.10. The van der Waals surface area contributed by atoms with Crippen molar-refractivity contribution >= 4 is 34.1 Å². The minimum Gasteiger partial charge on any atom is -0.389 e. The maximum Gasteiger partial charge on any atom is 0.0910 e. The molecule has 0 fully saturated rings. The third kappa shape index (κ3) is 1.88. The van der Waals surface area contributed by atoms with Crippen molar-refractivity contribution in [3.05, 3.63) is 39.5 Å². The van der Waals surface area contributed by atoms with Crippen molar-refractivity contribution in [2.75, 3.05) is 0 Å². The summed E-state index contributed by atoms with van der Waals surface area (Å²) in [7, 11) is 0. The van der Waals surface area contributed by atoms with E-state index >= 15 is 0 Å². The minimum atomic E-state index is -0.554. The van der Waals surface area contributed by atoms with Gasteiger partial charge in [0, 0.05) is 11.1 Å². The number of halogens is 2. The molecule has 16 heavy (non-hydrogen) atoms. The number of aliphatic hydroxyl groups is 1. The van der Waals surface area contributed by atoms with Crippen LogP contribution in [0, 0.1) is 6.92 Å². The molecule has 0 aliphatic heterocycles. The lowest BCUT2D eigenvalue weighted by molar-refractivity contribution is 0.200. The molecule has 0 amide bonds. The van der Waals surface area contributed by atoms with Gasteiger partial charge in [-0.1, -0.05) is 29.3 Å². The minimum absolute atomic E-state index is 0.435. The van der Waals surface area contributed by atoms with Crippen LogP contribution in [0.5, 0.6) is 0 Å². The lowest BCUT2D eigenvalue weighted by atomic mass is 10.0. The van der Waals surface area contributed by atoms with Crippen molar-refractivity contribution in [3.8, 4) is 0 Å². The van der Waals surface area contributed by atoms with Gasteiger partial charge in [-0.2, -0.15) is 0 Å². The van der Waals surface area contributed by atoms with Gasteiger partial charge in [0.1, 0.15) is 0 Å². The molecule has 4 heteroatoms. The highest BCUT2D eigenvalue weighted by Gasteiger charge is 2.12. The molecule has 0 spiro atoms. The molecule has 1 N–H and O–H groups in total. The lowest BCUT2D eigenvalue weighted by Gasteiger charge is -2.11. The first-order chi connectivity index (χ1) is 7.50. The number of pyridine rings is 1. The van der Waals surface area contributed by atoms with Crippen molar-refractivity contribution in [2.24, 2.45) is 0 Å². The Kier molecular flexibility index (Phi) is 3.06. The summed E-state index contributed by atoms with van der Waals surface area (Å²) < 4.78 is 0. The van der Waals surface area contributed by atoms with Crippen LogP contribution < -0.4 is 0 Å². The number of aryl methyl sites for hydroxylation is 1. The van der Waals surface area contributed by atoms with E-state index in [4.69, 9.17) is 23.2 Å². The summed E-state index contributed by atoms with van der Waals surface area (Å²) in [5.41, 5.74) is 2.28. The molecule has 1 aromatic heterocycles. The molecule has 0 saturated heterocycles. The molecule has 1 aromatic carbocycles. The first kappa shape index (κ1) is 11.6. The van der Waals surface area contributed by atoms with Crippen molar-refractivity contribution in [2.45, 2.75) is 20.0 Å². The predicted molar refractivity (Wildman–Crippen MR) is 67.1 cm³/mol. The molecule has 0 radical (unpaired) electrons. The topological polar surface area (TPSA) is 33.1 Å². The molecular formula is C12H11Cl2NO. The van der Waals surface area contributed by atoms with Crippen LogP contribution in [0.15, 0.2) is 18.2 Å². The average molecular weight is 256 g/mol. The van der Waals surface area contributed by atoms with Gasteiger partial charge in [0.2, 0.25) is 0 Å². The van der Waals surface area contributed by atoms with Crippen molar-refractivity contribution in [3.63, 3.8) is 0 Å². The van der Waals surface area contributed by atoms with Crippen LogP contribution in [0.3, 0.4) is 0 Å².